The molecule has 6 aliphatic rings. The number of hydrogen-bond donors (Lipinski definition) is 1. The van der Waals surface area contributed by atoms with Crippen molar-refractivity contribution in [1.29, 1.82) is 0 Å². The molecule has 0 spiro atoms. The molecule has 6 heterocycles. The summed E-state index contributed by atoms with van der Waals surface area (Å²) in [5.74, 6) is 0.0221. The van der Waals surface area contributed by atoms with Gasteiger partial charge in [0.1, 0.15) is 13.2 Å². The van der Waals surface area contributed by atoms with Crippen molar-refractivity contribution in [2.24, 2.45) is 0 Å². The lowest BCUT2D eigenvalue weighted by Crippen LogP contribution is -2.57. The first kappa shape index (κ1) is 62.0. The number of ether oxygens (including phenoxy) is 11. The number of nitrogens with zero attached hydrogens (tertiary/aromatic N) is 4. The molecular formula is C59H82N4O18. The van der Waals surface area contributed by atoms with Crippen molar-refractivity contribution in [2.45, 2.75) is 166 Å². The van der Waals surface area contributed by atoms with E-state index >= 15 is 0 Å². The highest BCUT2D eigenvalue weighted by Crippen LogP contribution is 2.44. The molecule has 4 unspecified atom stereocenters. The maximum absolute atomic E-state index is 14.0. The molecule has 1 N–H and O–H groups in total. The Labute approximate surface area is 474 Å². The minimum absolute atomic E-state index is 0.00447. The van der Waals surface area contributed by atoms with Crippen LogP contribution in [0.25, 0.3) is 0 Å². The molecule has 0 radical (unpaired) electrons. The summed E-state index contributed by atoms with van der Waals surface area (Å²) in [6.07, 6.45) is 13.6. The number of rotatable bonds is 24. The topological polar surface area (TPSA) is 237 Å². The Morgan fingerprint density at radius 2 is 1.02 bits per heavy atom. The maximum atomic E-state index is 14.0. The van der Waals surface area contributed by atoms with Crippen LogP contribution in [0, 0.1) is 0 Å². The van der Waals surface area contributed by atoms with Gasteiger partial charge in [-0.05, 0) is 128 Å². The van der Waals surface area contributed by atoms with Crippen LogP contribution in [0.3, 0.4) is 0 Å². The van der Waals surface area contributed by atoms with E-state index in [4.69, 9.17) is 52.5 Å². The molecule has 0 aliphatic carbocycles. The minimum atomic E-state index is -0.830. The third-order valence-electron chi connectivity index (χ3n) is 15.0. The zero-order valence-corrected chi connectivity index (χ0v) is 47.3. The number of hydrogen-bond acceptors (Lipinski definition) is 17. The summed E-state index contributed by atoms with van der Waals surface area (Å²) in [5.41, 5.74) is 1.26. The number of esters is 1. The van der Waals surface area contributed by atoms with E-state index in [2.05, 4.69) is 17.9 Å². The molecule has 0 saturated carbocycles. The van der Waals surface area contributed by atoms with Crippen LogP contribution in [0.4, 0.5) is 21.0 Å². The number of unbranched alkanes of at least 4 members (excludes halogenated alkanes) is 4. The predicted octanol–water partition coefficient (Wildman–Crippen LogP) is 9.54. The summed E-state index contributed by atoms with van der Waals surface area (Å²) in [5, 5.41) is 8.85. The van der Waals surface area contributed by atoms with E-state index in [1.165, 1.54) is 43.3 Å². The smallest absolute Gasteiger partial charge is 0.416 e. The quantitative estimate of drug-likeness (QED) is 0.0445. The average Bonchev–Trinajstić information content (AvgIpc) is 3.82. The summed E-state index contributed by atoms with van der Waals surface area (Å²) < 4.78 is 63.9. The molecule has 0 bridgehead atoms. The minimum Gasteiger partial charge on any atom is -0.493 e. The molecule has 446 valence electrons. The number of piperidine rings is 2. The lowest BCUT2D eigenvalue weighted by Gasteiger charge is -2.42. The molecule has 6 atom stereocenters. The Hall–Kier alpha value is -6.62. The van der Waals surface area contributed by atoms with Crippen LogP contribution in [0.15, 0.2) is 49.6 Å². The average molecular weight is 1140 g/mol. The van der Waals surface area contributed by atoms with Gasteiger partial charge < -0.3 is 67.0 Å². The highest BCUT2D eigenvalue weighted by Gasteiger charge is 2.49. The zero-order valence-electron chi connectivity index (χ0n) is 47.3. The van der Waals surface area contributed by atoms with Crippen molar-refractivity contribution in [1.82, 2.24) is 9.80 Å². The Bertz CT molecular complexity index is 2460. The van der Waals surface area contributed by atoms with E-state index < -0.39 is 43.2 Å². The van der Waals surface area contributed by atoms with Gasteiger partial charge in [0, 0.05) is 51.3 Å². The van der Waals surface area contributed by atoms with E-state index in [-0.39, 0.29) is 49.5 Å². The van der Waals surface area contributed by atoms with Gasteiger partial charge in [-0.15, -0.1) is 0 Å². The lowest BCUT2D eigenvalue weighted by atomic mass is 10.00. The second kappa shape index (κ2) is 31.6. The summed E-state index contributed by atoms with van der Waals surface area (Å²) >= 11 is 0. The fourth-order valence-electron chi connectivity index (χ4n) is 10.9. The van der Waals surface area contributed by atoms with Crippen LogP contribution in [0.5, 0.6) is 23.0 Å². The molecule has 0 aromatic heterocycles. The highest BCUT2D eigenvalue weighted by atomic mass is 16.7. The molecule has 4 fully saturated rings. The van der Waals surface area contributed by atoms with Crippen LogP contribution in [-0.4, -0.2) is 162 Å². The van der Waals surface area contributed by atoms with Gasteiger partial charge in [0.15, 0.2) is 48.0 Å². The van der Waals surface area contributed by atoms with Gasteiger partial charge in [-0.3, -0.25) is 19.2 Å². The van der Waals surface area contributed by atoms with Gasteiger partial charge in [0.05, 0.1) is 69.1 Å². The number of benzene rings is 2. The molecule has 81 heavy (non-hydrogen) atoms. The molecule has 6 aliphatic heterocycles. The van der Waals surface area contributed by atoms with Crippen molar-refractivity contribution >= 4 is 47.3 Å². The van der Waals surface area contributed by atoms with Crippen LogP contribution >= 0.6 is 0 Å². The van der Waals surface area contributed by atoms with Crippen LogP contribution in [0.1, 0.15) is 149 Å². The Kier molecular flexibility index (Phi) is 24.1. The molecular weight excluding hydrogens is 1050 g/mol. The second-order valence-electron chi connectivity index (χ2n) is 20.6. The van der Waals surface area contributed by atoms with Crippen molar-refractivity contribution in [3.05, 3.63) is 60.7 Å². The number of amides is 4. The summed E-state index contributed by atoms with van der Waals surface area (Å²) in [4.78, 5) is 83.9. The van der Waals surface area contributed by atoms with Crippen LogP contribution in [-0.2, 0) is 42.7 Å². The van der Waals surface area contributed by atoms with Gasteiger partial charge in [-0.2, -0.15) is 0 Å². The molecule has 4 saturated heterocycles. The number of aliphatic carboxylic acids is 1. The number of carbonyl (C=O) groups is 6. The number of carboxylic acids is 1. The number of carboxylic acid groups (broad SMARTS) is 1. The number of fused-ring (bicyclic) bond motifs is 4. The third-order valence-corrected chi connectivity index (χ3v) is 15.0. The fraction of sp³-hybridized carbons (Fsp3) is 0.627. The Balaban J connectivity index is 0.000000234. The van der Waals surface area contributed by atoms with E-state index in [9.17, 15) is 28.8 Å². The molecule has 2 aromatic carbocycles. The second-order valence-corrected chi connectivity index (χ2v) is 20.6. The summed E-state index contributed by atoms with van der Waals surface area (Å²) in [6.45, 7) is 10.2. The number of carbonyl (C=O) groups excluding carboxylic acids is 5. The lowest BCUT2D eigenvalue weighted by molar-refractivity contribution is -0.199. The molecule has 22 nitrogen and oxygen atoms in total. The number of anilines is 2. The molecule has 22 heteroatoms. The van der Waals surface area contributed by atoms with E-state index in [0.29, 0.717) is 149 Å². The molecule has 2 aromatic rings. The first-order valence-corrected chi connectivity index (χ1v) is 28.7. The maximum Gasteiger partial charge on any atom is 0.416 e. The largest absolute Gasteiger partial charge is 0.493 e. The van der Waals surface area contributed by atoms with Crippen molar-refractivity contribution in [3.63, 3.8) is 0 Å². The fourth-order valence-corrected chi connectivity index (χ4v) is 10.9. The monoisotopic (exact) mass is 1130 g/mol. The van der Waals surface area contributed by atoms with Crippen LogP contribution < -0.4 is 28.7 Å². The summed E-state index contributed by atoms with van der Waals surface area (Å²) in [7, 11) is 4.38. The van der Waals surface area contributed by atoms with Crippen molar-refractivity contribution < 1.29 is 86.0 Å². The van der Waals surface area contributed by atoms with Gasteiger partial charge in [-0.25, -0.2) is 19.4 Å². The van der Waals surface area contributed by atoms with Crippen molar-refractivity contribution in [2.75, 3.05) is 83.9 Å². The molecule has 4 amide bonds. The van der Waals surface area contributed by atoms with E-state index in [0.717, 1.165) is 57.8 Å². The van der Waals surface area contributed by atoms with Gasteiger partial charge >= 0.3 is 24.1 Å². The SMILES string of the molecule is C=CCOC(=O)N1c2cc(OCCCCCC(=O)O)c(OC)cc2C(=O)N2CCCC[C@H]2C1OC1CCCCO1.C=CCOC(=O)N1c2cc(OCCCCCC(=O)OC)c(OC)cc2C(=O)N2CCCC[C@H]2C1OC1CCCCO1. The predicted molar refractivity (Wildman–Crippen MR) is 296 cm³/mol. The van der Waals surface area contributed by atoms with Gasteiger partial charge in [-0.1, -0.05) is 25.3 Å². The van der Waals surface area contributed by atoms with Gasteiger partial charge in [0.25, 0.3) is 11.8 Å². The first-order valence-electron chi connectivity index (χ1n) is 28.7. The standard InChI is InChI=1S/C30H42N2O9.C29H40N2O9/c1-4-16-40-30(35)32-23-20-25(38-17-10-5-6-13-26(33)37-3)24(36-2)19-21(23)28(34)31-15-9-7-12-22(31)29(32)41-27-14-8-11-18-39-27;1-3-15-39-29(35)31-22-19-24(37-16-9-4-5-12-25(32)33)23(36-2)18-20(22)27(34)30-14-8-6-11-21(30)28(31)40-26-13-7-10-17-38-26/h4,19-20,22,27,29H,1,5-18H2,2-3H3;3,18-19,21,26,28H,1,4-17H2,2H3,(H,32,33)/t22-,27?,29?;21-,26?,28?/m00/s1. The third kappa shape index (κ3) is 16.3. The highest BCUT2D eigenvalue weighted by molar-refractivity contribution is 6.07. The van der Waals surface area contributed by atoms with Crippen molar-refractivity contribution in [3.8, 4) is 23.0 Å². The Morgan fingerprint density at radius 3 is 1.42 bits per heavy atom. The van der Waals surface area contributed by atoms with Gasteiger partial charge in [0.2, 0.25) is 0 Å². The van der Waals surface area contributed by atoms with E-state index in [1.54, 1.807) is 34.1 Å². The zero-order chi connectivity index (χ0) is 57.7. The number of methoxy groups -OCH3 is 3. The Morgan fingerprint density at radius 1 is 0.580 bits per heavy atom. The summed E-state index contributed by atoms with van der Waals surface area (Å²) in [6, 6.07) is 5.76. The first-order chi connectivity index (χ1) is 39.4. The normalized spacial score (nSPS) is 22.4. The van der Waals surface area contributed by atoms with Crippen LogP contribution in [0.2, 0.25) is 0 Å². The van der Waals surface area contributed by atoms with E-state index in [1.807, 2.05) is 0 Å². The molecule has 8 rings (SSSR count).